The van der Waals surface area contributed by atoms with Crippen LogP contribution in [0, 0.1) is 0 Å². The maximum absolute atomic E-state index is 13.0. The molecular formula is C18H15BrCl2N4O2S. The standard InChI is InChI=1S/C18H15BrCl2N4O2S/c1-23-9-12(19)15(22-23)17(26)24-4-6-25(7-5-24)18(27)16-14(21)11-3-2-10(20)8-13(11)28-16/h2-3,8-9H,4-7H2,1H3. The third kappa shape index (κ3) is 3.54. The number of nitrogens with zero attached hydrogens (tertiary/aromatic N) is 4. The number of thiophene rings is 1. The Labute approximate surface area is 183 Å². The second-order valence-corrected chi connectivity index (χ2v) is 9.19. The van der Waals surface area contributed by atoms with Crippen molar-refractivity contribution in [2.75, 3.05) is 26.2 Å². The van der Waals surface area contributed by atoms with Crippen LogP contribution in [0.4, 0.5) is 0 Å². The molecule has 1 aromatic carbocycles. The Bertz CT molecular complexity index is 1090. The fourth-order valence-corrected chi connectivity index (χ4v) is 5.49. The van der Waals surface area contributed by atoms with Crippen molar-refractivity contribution in [2.24, 2.45) is 7.05 Å². The van der Waals surface area contributed by atoms with Crippen LogP contribution in [-0.2, 0) is 7.05 Å². The van der Waals surface area contributed by atoms with Gasteiger partial charge in [0.25, 0.3) is 11.8 Å². The quantitative estimate of drug-likeness (QED) is 0.526. The summed E-state index contributed by atoms with van der Waals surface area (Å²) in [5, 5.41) is 6.09. The first-order valence-electron chi connectivity index (χ1n) is 8.50. The van der Waals surface area contributed by atoms with Crippen molar-refractivity contribution in [3.05, 3.63) is 49.5 Å². The number of carbonyl (C=O) groups is 2. The largest absolute Gasteiger partial charge is 0.334 e. The van der Waals surface area contributed by atoms with E-state index in [1.54, 1.807) is 33.8 Å². The highest BCUT2D eigenvalue weighted by Crippen LogP contribution is 2.37. The molecule has 146 valence electrons. The molecule has 1 aliphatic heterocycles. The first-order chi connectivity index (χ1) is 13.3. The second-order valence-electron chi connectivity index (χ2n) is 6.47. The molecule has 28 heavy (non-hydrogen) atoms. The number of aryl methyl sites for hydroxylation is 1. The molecule has 3 aromatic rings. The van der Waals surface area contributed by atoms with Crippen LogP contribution in [-0.4, -0.2) is 57.6 Å². The number of fused-ring (bicyclic) bond motifs is 1. The van der Waals surface area contributed by atoms with Gasteiger partial charge < -0.3 is 9.80 Å². The molecule has 0 bridgehead atoms. The van der Waals surface area contributed by atoms with Gasteiger partial charge in [0.15, 0.2) is 5.69 Å². The van der Waals surface area contributed by atoms with Crippen LogP contribution in [0.1, 0.15) is 20.2 Å². The lowest BCUT2D eigenvalue weighted by molar-refractivity contribution is 0.0534. The highest BCUT2D eigenvalue weighted by Gasteiger charge is 2.29. The average molecular weight is 502 g/mol. The van der Waals surface area contributed by atoms with Gasteiger partial charge in [0, 0.05) is 54.5 Å². The molecule has 0 atom stereocenters. The average Bonchev–Trinajstić information content (AvgIpc) is 3.19. The summed E-state index contributed by atoms with van der Waals surface area (Å²) in [4.78, 5) is 29.6. The maximum Gasteiger partial charge on any atom is 0.275 e. The van der Waals surface area contributed by atoms with Crippen molar-refractivity contribution in [2.45, 2.75) is 0 Å². The van der Waals surface area contributed by atoms with Gasteiger partial charge in [-0.2, -0.15) is 5.10 Å². The van der Waals surface area contributed by atoms with E-state index in [1.807, 2.05) is 12.1 Å². The predicted molar refractivity (Wildman–Crippen MR) is 115 cm³/mol. The van der Waals surface area contributed by atoms with E-state index in [0.29, 0.717) is 51.3 Å². The van der Waals surface area contributed by atoms with Gasteiger partial charge in [-0.15, -0.1) is 11.3 Å². The number of amides is 2. The molecule has 6 nitrogen and oxygen atoms in total. The molecule has 1 saturated heterocycles. The summed E-state index contributed by atoms with van der Waals surface area (Å²) >= 11 is 17.2. The van der Waals surface area contributed by atoms with Gasteiger partial charge in [0.2, 0.25) is 0 Å². The molecule has 1 fully saturated rings. The molecule has 0 radical (unpaired) electrons. The van der Waals surface area contributed by atoms with Gasteiger partial charge in [0.05, 0.1) is 9.50 Å². The lowest BCUT2D eigenvalue weighted by atomic mass is 10.2. The topological polar surface area (TPSA) is 58.4 Å². The Hall–Kier alpha value is -1.61. The monoisotopic (exact) mass is 500 g/mol. The molecule has 4 rings (SSSR count). The predicted octanol–water partition coefficient (Wildman–Crippen LogP) is 4.30. The summed E-state index contributed by atoms with van der Waals surface area (Å²) in [5.41, 5.74) is 0.381. The van der Waals surface area contributed by atoms with E-state index < -0.39 is 0 Å². The molecule has 10 heteroatoms. The minimum absolute atomic E-state index is 0.117. The van der Waals surface area contributed by atoms with Crippen LogP contribution in [0.3, 0.4) is 0 Å². The molecule has 3 heterocycles. The number of rotatable bonds is 2. The number of halogens is 3. The van der Waals surface area contributed by atoms with E-state index in [-0.39, 0.29) is 11.8 Å². The zero-order valence-electron chi connectivity index (χ0n) is 14.8. The Morgan fingerprint density at radius 2 is 1.75 bits per heavy atom. The smallest absolute Gasteiger partial charge is 0.275 e. The normalized spacial score (nSPS) is 14.7. The molecule has 0 unspecified atom stereocenters. The number of hydrogen-bond acceptors (Lipinski definition) is 4. The number of carbonyl (C=O) groups excluding carboxylic acids is 2. The molecule has 0 spiro atoms. The third-order valence-corrected chi connectivity index (χ3v) is 7.09. The van der Waals surface area contributed by atoms with Crippen molar-refractivity contribution in [3.8, 4) is 0 Å². The van der Waals surface area contributed by atoms with Crippen LogP contribution in [0.2, 0.25) is 10.0 Å². The fraction of sp³-hybridized carbons (Fsp3) is 0.278. The van der Waals surface area contributed by atoms with Gasteiger partial charge in [-0.3, -0.25) is 14.3 Å². The molecule has 0 saturated carbocycles. The van der Waals surface area contributed by atoms with E-state index in [2.05, 4.69) is 21.0 Å². The Morgan fingerprint density at radius 3 is 2.36 bits per heavy atom. The van der Waals surface area contributed by atoms with Gasteiger partial charge in [-0.05, 0) is 28.1 Å². The van der Waals surface area contributed by atoms with E-state index >= 15 is 0 Å². The highest BCUT2D eigenvalue weighted by atomic mass is 79.9. The first kappa shape index (κ1) is 19.7. The van der Waals surface area contributed by atoms with Crippen LogP contribution in [0.15, 0.2) is 28.9 Å². The van der Waals surface area contributed by atoms with E-state index in [9.17, 15) is 9.59 Å². The molecular weight excluding hydrogens is 487 g/mol. The summed E-state index contributed by atoms with van der Waals surface area (Å²) in [6.45, 7) is 1.78. The molecule has 1 aliphatic rings. The van der Waals surface area contributed by atoms with Crippen molar-refractivity contribution in [3.63, 3.8) is 0 Å². The summed E-state index contributed by atoms with van der Waals surface area (Å²) < 4.78 is 3.14. The van der Waals surface area contributed by atoms with Gasteiger partial charge in [-0.25, -0.2) is 0 Å². The fourth-order valence-electron chi connectivity index (χ4n) is 3.19. The lowest BCUT2D eigenvalue weighted by Crippen LogP contribution is -2.50. The third-order valence-electron chi connectivity index (χ3n) is 4.63. The number of piperazine rings is 1. The zero-order chi connectivity index (χ0) is 20.0. The Balaban J connectivity index is 1.48. The number of benzene rings is 1. The summed E-state index contributed by atoms with van der Waals surface area (Å²) in [7, 11) is 1.76. The summed E-state index contributed by atoms with van der Waals surface area (Å²) in [5.74, 6) is -0.262. The van der Waals surface area contributed by atoms with Crippen molar-refractivity contribution in [1.82, 2.24) is 19.6 Å². The van der Waals surface area contributed by atoms with Gasteiger partial charge in [0.1, 0.15) is 4.88 Å². The number of aromatic nitrogens is 2. The molecule has 0 aliphatic carbocycles. The summed E-state index contributed by atoms with van der Waals surface area (Å²) in [6.07, 6.45) is 1.74. The van der Waals surface area contributed by atoms with Gasteiger partial charge in [-0.1, -0.05) is 29.3 Å². The van der Waals surface area contributed by atoms with E-state index in [4.69, 9.17) is 23.2 Å². The molecule has 0 N–H and O–H groups in total. The maximum atomic E-state index is 13.0. The minimum atomic E-state index is -0.144. The van der Waals surface area contributed by atoms with Crippen molar-refractivity contribution in [1.29, 1.82) is 0 Å². The molecule has 2 amide bonds. The summed E-state index contributed by atoms with van der Waals surface area (Å²) in [6, 6.07) is 5.40. The Kier molecular flexibility index (Phi) is 5.39. The second kappa shape index (κ2) is 7.67. The lowest BCUT2D eigenvalue weighted by Gasteiger charge is -2.34. The first-order valence-corrected chi connectivity index (χ1v) is 10.9. The van der Waals surface area contributed by atoms with E-state index in [0.717, 1.165) is 10.1 Å². The van der Waals surface area contributed by atoms with Crippen LogP contribution < -0.4 is 0 Å². The SMILES string of the molecule is Cn1cc(Br)c(C(=O)N2CCN(C(=O)c3sc4cc(Cl)ccc4c3Cl)CC2)n1. The van der Waals surface area contributed by atoms with Gasteiger partial charge >= 0.3 is 0 Å². The van der Waals surface area contributed by atoms with Crippen LogP contribution in [0.25, 0.3) is 10.1 Å². The minimum Gasteiger partial charge on any atom is -0.334 e. The van der Waals surface area contributed by atoms with Crippen LogP contribution >= 0.6 is 50.5 Å². The van der Waals surface area contributed by atoms with Crippen molar-refractivity contribution >= 4 is 72.4 Å². The van der Waals surface area contributed by atoms with Crippen LogP contribution in [0.5, 0.6) is 0 Å². The Morgan fingerprint density at radius 1 is 1.11 bits per heavy atom. The molecule has 2 aromatic heterocycles. The van der Waals surface area contributed by atoms with E-state index in [1.165, 1.54) is 11.3 Å². The highest BCUT2D eigenvalue weighted by molar-refractivity contribution is 9.10. The number of hydrogen-bond donors (Lipinski definition) is 0. The zero-order valence-corrected chi connectivity index (χ0v) is 18.7. The van der Waals surface area contributed by atoms with Crippen molar-refractivity contribution < 1.29 is 9.59 Å².